The Morgan fingerprint density at radius 3 is 2.24 bits per heavy atom. The minimum Gasteiger partial charge on any atom is -0.350 e. The van der Waals surface area contributed by atoms with E-state index >= 15 is 0 Å². The van der Waals surface area contributed by atoms with Crippen LogP contribution < -0.4 is 15.5 Å². The monoisotopic (exact) mass is 513 g/mol. The molecule has 0 unspecified atom stereocenters. The van der Waals surface area contributed by atoms with E-state index in [1.807, 2.05) is 0 Å². The van der Waals surface area contributed by atoms with Crippen molar-refractivity contribution in [1.82, 2.24) is 5.32 Å². The van der Waals surface area contributed by atoms with Crippen LogP contribution in [-0.2, 0) is 25.2 Å². The molecule has 0 saturated carbocycles. The smallest absolute Gasteiger partial charge is 0.243 e. The van der Waals surface area contributed by atoms with E-state index in [0.29, 0.717) is 5.69 Å². The van der Waals surface area contributed by atoms with Gasteiger partial charge in [0.1, 0.15) is 29.2 Å². The van der Waals surface area contributed by atoms with Crippen LogP contribution in [0.15, 0.2) is 42.5 Å². The van der Waals surface area contributed by atoms with Crippen LogP contribution in [0.2, 0.25) is 5.02 Å². The van der Waals surface area contributed by atoms with Gasteiger partial charge in [-0.25, -0.2) is 8.78 Å². The number of nitrogens with zero attached hydrogens (tertiary/aromatic N) is 1. The molecule has 0 radical (unpaired) electrons. The van der Waals surface area contributed by atoms with Gasteiger partial charge in [-0.05, 0) is 70.2 Å². The number of carbonyl (C=O) groups excluding carboxylic acids is 3. The van der Waals surface area contributed by atoms with E-state index in [4.69, 9.17) is 11.6 Å². The maximum Gasteiger partial charge on any atom is 0.243 e. The first-order valence-corrected chi connectivity index (χ1v) is 12.1. The molecule has 0 fully saturated rings. The molecular weight excluding hydrogens is 488 g/mol. The number of hydrogen-bond acceptors (Lipinski definition) is 4. The van der Waals surface area contributed by atoms with Gasteiger partial charge in [-0.2, -0.15) is 0 Å². The molecule has 2 atom stereocenters. The molecule has 34 heavy (non-hydrogen) atoms. The largest absolute Gasteiger partial charge is 0.350 e. The van der Waals surface area contributed by atoms with Crippen molar-refractivity contribution in [3.63, 3.8) is 0 Å². The van der Waals surface area contributed by atoms with Crippen LogP contribution in [0.3, 0.4) is 0 Å². The molecule has 0 aliphatic carbocycles. The molecule has 0 heterocycles. The first-order chi connectivity index (χ1) is 15.8. The van der Waals surface area contributed by atoms with Crippen LogP contribution in [0, 0.1) is 11.6 Å². The van der Waals surface area contributed by atoms with E-state index in [1.165, 1.54) is 31.2 Å². The van der Waals surface area contributed by atoms with E-state index < -0.39 is 63.2 Å². The molecule has 2 rings (SSSR count). The molecule has 3 amide bonds. The van der Waals surface area contributed by atoms with Gasteiger partial charge in [-0.1, -0.05) is 11.6 Å². The van der Waals surface area contributed by atoms with Gasteiger partial charge in [0.25, 0.3) is 0 Å². The summed E-state index contributed by atoms with van der Waals surface area (Å²) < 4.78 is 39.2. The fourth-order valence-electron chi connectivity index (χ4n) is 2.94. The van der Waals surface area contributed by atoms with Crippen molar-refractivity contribution < 1.29 is 27.4 Å². The Balaban J connectivity index is 2.17. The minimum absolute atomic E-state index is 0.140. The Morgan fingerprint density at radius 2 is 1.68 bits per heavy atom. The average Bonchev–Trinajstić information content (AvgIpc) is 2.71. The summed E-state index contributed by atoms with van der Waals surface area (Å²) in [6, 6.07) is 7.49. The van der Waals surface area contributed by atoms with E-state index in [0.717, 1.165) is 23.1 Å². The van der Waals surface area contributed by atoms with Gasteiger partial charge in [0.2, 0.25) is 17.7 Å². The number of nitrogens with one attached hydrogen (secondary N) is 2. The van der Waals surface area contributed by atoms with Crippen molar-refractivity contribution in [2.75, 3.05) is 21.7 Å². The summed E-state index contributed by atoms with van der Waals surface area (Å²) in [5, 5.41) is 4.98. The third kappa shape index (κ3) is 8.18. The fourth-order valence-corrected chi connectivity index (χ4v) is 4.00. The van der Waals surface area contributed by atoms with E-state index in [1.54, 1.807) is 20.8 Å². The maximum atomic E-state index is 13.7. The van der Waals surface area contributed by atoms with Gasteiger partial charge in [0.05, 0.1) is 5.02 Å². The van der Waals surface area contributed by atoms with Crippen LogP contribution in [0.4, 0.5) is 20.2 Å². The van der Waals surface area contributed by atoms with Gasteiger partial charge in [-0.3, -0.25) is 23.5 Å². The Morgan fingerprint density at radius 1 is 1.06 bits per heavy atom. The predicted octanol–water partition coefficient (Wildman–Crippen LogP) is 3.64. The molecule has 184 valence electrons. The lowest BCUT2D eigenvalue weighted by Gasteiger charge is -2.31. The van der Waals surface area contributed by atoms with Crippen LogP contribution in [0.1, 0.15) is 27.7 Å². The van der Waals surface area contributed by atoms with Gasteiger partial charge < -0.3 is 10.6 Å². The number of carbonyl (C=O) groups is 3. The normalized spacial score (nSPS) is 13.0. The zero-order valence-electron chi connectivity index (χ0n) is 19.2. The topological polar surface area (TPSA) is 95.6 Å². The number of halogens is 3. The SMILES string of the molecule is C[C@@H](C(=O)NC(C)(C)C)N(C(=O)C[S@@](=O)CC(=O)Nc1ccc(F)cc1)c1ccc(F)c(Cl)c1. The molecular formula is C23H26ClF2N3O4S. The molecule has 7 nitrogen and oxygen atoms in total. The Labute approximate surface area is 204 Å². The Bertz CT molecular complexity index is 1090. The van der Waals surface area contributed by atoms with Gasteiger partial charge in [0, 0.05) is 27.7 Å². The third-order valence-corrected chi connectivity index (χ3v) is 5.86. The number of hydrogen-bond donors (Lipinski definition) is 2. The van der Waals surface area contributed by atoms with Gasteiger partial charge in [0.15, 0.2) is 0 Å². The second-order valence-electron chi connectivity index (χ2n) is 8.56. The molecule has 0 saturated heterocycles. The lowest BCUT2D eigenvalue weighted by molar-refractivity contribution is -0.126. The molecule has 0 bridgehead atoms. The van der Waals surface area contributed by atoms with Crippen molar-refractivity contribution in [3.8, 4) is 0 Å². The molecule has 0 spiro atoms. The van der Waals surface area contributed by atoms with Gasteiger partial charge >= 0.3 is 0 Å². The zero-order valence-corrected chi connectivity index (χ0v) is 20.7. The Hall–Kier alpha value is -2.85. The van der Waals surface area contributed by atoms with E-state index in [2.05, 4.69) is 10.6 Å². The summed E-state index contributed by atoms with van der Waals surface area (Å²) in [5.74, 6) is -4.08. The summed E-state index contributed by atoms with van der Waals surface area (Å²) in [5.41, 5.74) is -0.132. The molecule has 2 aromatic carbocycles. The van der Waals surface area contributed by atoms with Crippen LogP contribution >= 0.6 is 11.6 Å². The average molecular weight is 514 g/mol. The van der Waals surface area contributed by atoms with E-state index in [-0.39, 0.29) is 10.7 Å². The predicted molar refractivity (Wildman–Crippen MR) is 129 cm³/mol. The van der Waals surface area contributed by atoms with Crippen molar-refractivity contribution in [3.05, 3.63) is 59.1 Å². The summed E-state index contributed by atoms with van der Waals surface area (Å²) in [6.45, 7) is 6.79. The highest BCUT2D eigenvalue weighted by molar-refractivity contribution is 7.86. The highest BCUT2D eigenvalue weighted by Crippen LogP contribution is 2.25. The van der Waals surface area contributed by atoms with Crippen LogP contribution in [0.25, 0.3) is 0 Å². The zero-order chi connectivity index (χ0) is 25.6. The number of rotatable bonds is 8. The molecule has 2 aromatic rings. The van der Waals surface area contributed by atoms with Crippen LogP contribution in [0.5, 0.6) is 0 Å². The van der Waals surface area contributed by atoms with Crippen LogP contribution in [-0.4, -0.2) is 45.0 Å². The van der Waals surface area contributed by atoms with Crippen molar-refractivity contribution in [1.29, 1.82) is 0 Å². The highest BCUT2D eigenvalue weighted by Gasteiger charge is 2.31. The van der Waals surface area contributed by atoms with Crippen molar-refractivity contribution in [2.24, 2.45) is 0 Å². The first-order valence-electron chi connectivity index (χ1n) is 10.3. The van der Waals surface area contributed by atoms with Crippen molar-refractivity contribution in [2.45, 2.75) is 39.3 Å². The Kier molecular flexibility index (Phi) is 9.29. The van der Waals surface area contributed by atoms with Gasteiger partial charge in [-0.15, -0.1) is 0 Å². The third-order valence-electron chi connectivity index (χ3n) is 4.42. The summed E-state index contributed by atoms with van der Waals surface area (Å²) in [6.07, 6.45) is 0. The number of anilines is 2. The standard InChI is InChI=1S/C23H26ClF2N3O4S/c1-14(22(32)28-23(2,3)4)29(17-9-10-19(26)18(24)11-17)21(31)13-34(33)12-20(30)27-16-7-5-15(25)6-8-16/h5-11,14H,12-13H2,1-4H3,(H,27,30)(H,28,32)/t14-,34-/m0/s1. The quantitative estimate of drug-likeness (QED) is 0.563. The summed E-state index contributed by atoms with van der Waals surface area (Å²) in [7, 11) is -1.93. The fraction of sp³-hybridized carbons (Fsp3) is 0.348. The lowest BCUT2D eigenvalue weighted by Crippen LogP contribution is -2.53. The molecule has 0 aliphatic rings. The first kappa shape index (κ1) is 27.4. The summed E-state index contributed by atoms with van der Waals surface area (Å²) in [4.78, 5) is 39.1. The highest BCUT2D eigenvalue weighted by atomic mass is 35.5. The second-order valence-corrected chi connectivity index (χ2v) is 10.4. The molecule has 0 aliphatic heterocycles. The molecule has 11 heteroatoms. The minimum atomic E-state index is -1.93. The second kappa shape index (κ2) is 11.5. The summed E-state index contributed by atoms with van der Waals surface area (Å²) >= 11 is 5.86. The molecule has 2 N–H and O–H groups in total. The lowest BCUT2D eigenvalue weighted by atomic mass is 10.1. The van der Waals surface area contributed by atoms with E-state index in [9.17, 15) is 27.4 Å². The molecule has 0 aromatic heterocycles. The number of benzene rings is 2. The van der Waals surface area contributed by atoms with Crippen molar-refractivity contribution >= 4 is 51.5 Å². The number of amides is 3. The maximum absolute atomic E-state index is 13.7.